The summed E-state index contributed by atoms with van der Waals surface area (Å²) < 4.78 is 9.67. The molecular weight excluding hydrogens is 382 g/mol. The Kier molecular flexibility index (Phi) is 4.50. The van der Waals surface area contributed by atoms with Crippen molar-refractivity contribution < 1.29 is 4.74 Å². The lowest BCUT2D eigenvalue weighted by atomic mass is 10.3. The zero-order chi connectivity index (χ0) is 20.0. The highest BCUT2D eigenvalue weighted by Gasteiger charge is 2.28. The van der Waals surface area contributed by atoms with Crippen LogP contribution in [-0.2, 0) is 20.1 Å². The van der Waals surface area contributed by atoms with Gasteiger partial charge in [-0.15, -0.1) is 0 Å². The predicted octanol–water partition coefficient (Wildman–Crippen LogP) is 2.20. The molecule has 0 bridgehead atoms. The monoisotopic (exact) mass is 401 g/mol. The fourth-order valence-electron chi connectivity index (χ4n) is 3.46. The van der Waals surface area contributed by atoms with Gasteiger partial charge >= 0.3 is 5.69 Å². The number of aromatic nitrogens is 4. The predicted molar refractivity (Wildman–Crippen MR) is 109 cm³/mol. The second-order valence-electron chi connectivity index (χ2n) is 6.63. The van der Waals surface area contributed by atoms with Crippen molar-refractivity contribution in [3.8, 4) is 5.75 Å². The zero-order valence-electron chi connectivity index (χ0n) is 15.8. The van der Waals surface area contributed by atoms with Gasteiger partial charge in [0.15, 0.2) is 11.2 Å². The van der Waals surface area contributed by atoms with Gasteiger partial charge in [-0.1, -0.05) is 17.7 Å². The highest BCUT2D eigenvalue weighted by atomic mass is 35.5. The molecule has 1 aliphatic rings. The second kappa shape index (κ2) is 6.87. The molecular formula is C19H20ClN5O3. The third-order valence-electron chi connectivity index (χ3n) is 4.94. The van der Waals surface area contributed by atoms with Crippen LogP contribution >= 0.6 is 11.6 Å². The van der Waals surface area contributed by atoms with Crippen LogP contribution in [0.1, 0.15) is 6.92 Å². The van der Waals surface area contributed by atoms with Crippen molar-refractivity contribution in [1.82, 2.24) is 18.7 Å². The molecule has 0 fully saturated rings. The van der Waals surface area contributed by atoms with E-state index in [9.17, 15) is 9.59 Å². The molecule has 0 unspecified atom stereocenters. The van der Waals surface area contributed by atoms with Crippen LogP contribution in [0, 0.1) is 0 Å². The van der Waals surface area contributed by atoms with Crippen LogP contribution in [0.15, 0.2) is 45.0 Å². The van der Waals surface area contributed by atoms with E-state index in [1.54, 1.807) is 27.2 Å². The van der Waals surface area contributed by atoms with Crippen LogP contribution in [0.5, 0.6) is 5.75 Å². The molecule has 28 heavy (non-hydrogen) atoms. The molecule has 9 heteroatoms. The molecule has 2 aromatic heterocycles. The largest absolute Gasteiger partial charge is 0.497 e. The van der Waals surface area contributed by atoms with Crippen molar-refractivity contribution in [2.75, 3.05) is 18.6 Å². The lowest BCUT2D eigenvalue weighted by Gasteiger charge is -2.16. The minimum atomic E-state index is -0.417. The van der Waals surface area contributed by atoms with Gasteiger partial charge in [-0.3, -0.25) is 13.9 Å². The summed E-state index contributed by atoms with van der Waals surface area (Å²) in [5, 5.41) is 0.526. The van der Waals surface area contributed by atoms with Gasteiger partial charge in [-0.25, -0.2) is 4.79 Å². The summed E-state index contributed by atoms with van der Waals surface area (Å²) in [7, 11) is 3.25. The minimum Gasteiger partial charge on any atom is -0.497 e. The average molecular weight is 402 g/mol. The number of nitrogens with zero attached hydrogens (tertiary/aromatic N) is 5. The number of hydrogen-bond acceptors (Lipinski definition) is 5. The van der Waals surface area contributed by atoms with Crippen molar-refractivity contribution >= 4 is 34.4 Å². The molecule has 146 valence electrons. The van der Waals surface area contributed by atoms with Crippen molar-refractivity contribution in [2.45, 2.75) is 20.0 Å². The standard InChI is InChI=1S/C19H20ClN5O3/c1-12(20)8-9-25-17(26)15-16(22(2)19(25)27)21-18-23(10-11-24(15)18)13-4-6-14(28-3)7-5-13/h4-8H,9-11H2,1-3H3. The minimum absolute atomic E-state index is 0.124. The number of fused-ring (bicyclic) bond motifs is 3. The first-order valence-corrected chi connectivity index (χ1v) is 9.24. The first-order chi connectivity index (χ1) is 13.4. The molecule has 4 rings (SSSR count). The van der Waals surface area contributed by atoms with E-state index in [-0.39, 0.29) is 12.1 Å². The SMILES string of the molecule is COc1ccc(N2CCn3c2nc2c3c(=O)n(CC=C(C)Cl)c(=O)n2C)cc1. The van der Waals surface area contributed by atoms with Gasteiger partial charge < -0.3 is 14.2 Å². The number of anilines is 2. The molecule has 0 N–H and O–H groups in total. The van der Waals surface area contributed by atoms with Crippen molar-refractivity contribution in [1.29, 1.82) is 0 Å². The van der Waals surface area contributed by atoms with Gasteiger partial charge in [0.25, 0.3) is 5.56 Å². The van der Waals surface area contributed by atoms with E-state index in [0.29, 0.717) is 35.2 Å². The lowest BCUT2D eigenvalue weighted by molar-refractivity contribution is 0.415. The molecule has 8 nitrogen and oxygen atoms in total. The van der Waals surface area contributed by atoms with E-state index >= 15 is 0 Å². The van der Waals surface area contributed by atoms with Crippen LogP contribution in [0.2, 0.25) is 0 Å². The molecule has 0 radical (unpaired) electrons. The van der Waals surface area contributed by atoms with E-state index in [2.05, 4.69) is 4.98 Å². The number of halogens is 1. The smallest absolute Gasteiger partial charge is 0.332 e. The number of ether oxygens (including phenoxy) is 1. The summed E-state index contributed by atoms with van der Waals surface area (Å²) >= 11 is 5.88. The topological polar surface area (TPSA) is 74.3 Å². The van der Waals surface area contributed by atoms with Crippen molar-refractivity contribution in [3.63, 3.8) is 0 Å². The Morgan fingerprint density at radius 3 is 2.61 bits per heavy atom. The Balaban J connectivity index is 1.88. The van der Waals surface area contributed by atoms with Gasteiger partial charge in [-0.05, 0) is 31.2 Å². The first-order valence-electron chi connectivity index (χ1n) is 8.86. The third kappa shape index (κ3) is 2.80. The maximum atomic E-state index is 13.0. The van der Waals surface area contributed by atoms with Gasteiger partial charge in [0.1, 0.15) is 5.75 Å². The van der Waals surface area contributed by atoms with E-state index in [4.69, 9.17) is 16.3 Å². The molecule has 0 amide bonds. The third-order valence-corrected chi connectivity index (χ3v) is 5.09. The molecule has 1 aliphatic heterocycles. The molecule has 3 aromatic rings. The summed E-state index contributed by atoms with van der Waals surface area (Å²) in [5.41, 5.74) is 0.975. The normalized spacial score (nSPS) is 14.0. The van der Waals surface area contributed by atoms with Crippen LogP contribution < -0.4 is 20.9 Å². The number of allylic oxidation sites excluding steroid dienone is 2. The van der Waals surface area contributed by atoms with Gasteiger partial charge in [0, 0.05) is 30.9 Å². The van der Waals surface area contributed by atoms with Crippen molar-refractivity contribution in [2.24, 2.45) is 7.05 Å². The highest BCUT2D eigenvalue weighted by molar-refractivity contribution is 6.29. The van der Waals surface area contributed by atoms with Gasteiger partial charge in [0.2, 0.25) is 5.95 Å². The van der Waals surface area contributed by atoms with E-state index in [0.717, 1.165) is 11.4 Å². The average Bonchev–Trinajstić information content (AvgIpc) is 3.25. The molecule has 1 aromatic carbocycles. The Labute approximate surface area is 165 Å². The number of methoxy groups -OCH3 is 1. The number of hydrogen-bond donors (Lipinski definition) is 0. The maximum absolute atomic E-state index is 13.0. The van der Waals surface area contributed by atoms with Crippen molar-refractivity contribution in [3.05, 3.63) is 56.2 Å². The highest BCUT2D eigenvalue weighted by Crippen LogP contribution is 2.32. The van der Waals surface area contributed by atoms with E-state index in [1.807, 2.05) is 33.7 Å². The van der Waals surface area contributed by atoms with Crippen LogP contribution in [0.25, 0.3) is 11.2 Å². The molecule has 0 aliphatic carbocycles. The fraction of sp³-hybridized carbons (Fsp3) is 0.316. The first kappa shape index (κ1) is 18.4. The summed E-state index contributed by atoms with van der Waals surface area (Å²) in [6.07, 6.45) is 1.64. The van der Waals surface area contributed by atoms with E-state index < -0.39 is 5.69 Å². The maximum Gasteiger partial charge on any atom is 0.332 e. The summed E-state index contributed by atoms with van der Waals surface area (Å²) in [6, 6.07) is 7.65. The van der Waals surface area contributed by atoms with Crippen LogP contribution in [-0.4, -0.2) is 32.3 Å². The molecule has 0 spiro atoms. The Morgan fingerprint density at radius 2 is 1.96 bits per heavy atom. The summed E-state index contributed by atoms with van der Waals surface area (Å²) in [6.45, 7) is 3.13. The molecule has 3 heterocycles. The Bertz CT molecular complexity index is 1200. The number of benzene rings is 1. The molecule has 0 atom stereocenters. The number of aryl methyl sites for hydroxylation is 1. The lowest BCUT2D eigenvalue weighted by Crippen LogP contribution is -2.39. The zero-order valence-corrected chi connectivity index (χ0v) is 16.6. The Hall–Kier alpha value is -3.00. The fourth-order valence-corrected chi connectivity index (χ4v) is 3.53. The molecule has 0 saturated heterocycles. The summed E-state index contributed by atoms with van der Waals surface area (Å²) in [5.74, 6) is 1.42. The van der Waals surface area contributed by atoms with Gasteiger partial charge in [0.05, 0.1) is 13.7 Å². The number of rotatable bonds is 4. The Morgan fingerprint density at radius 1 is 1.25 bits per heavy atom. The quantitative estimate of drug-likeness (QED) is 0.670. The van der Waals surface area contributed by atoms with Crippen LogP contribution in [0.3, 0.4) is 0 Å². The van der Waals surface area contributed by atoms with Crippen LogP contribution in [0.4, 0.5) is 11.6 Å². The van der Waals surface area contributed by atoms with Gasteiger partial charge in [-0.2, -0.15) is 4.98 Å². The molecule has 0 saturated carbocycles. The second-order valence-corrected chi connectivity index (χ2v) is 7.23. The van der Waals surface area contributed by atoms with E-state index in [1.165, 1.54) is 9.13 Å². The summed E-state index contributed by atoms with van der Waals surface area (Å²) in [4.78, 5) is 32.3. The number of imidazole rings is 1.